The summed E-state index contributed by atoms with van der Waals surface area (Å²) in [5, 5.41) is 0. The zero-order chi connectivity index (χ0) is 16.2. The van der Waals surface area contributed by atoms with E-state index in [0.717, 1.165) is 48.3 Å². The van der Waals surface area contributed by atoms with E-state index in [0.29, 0.717) is 11.4 Å². The van der Waals surface area contributed by atoms with Crippen LogP contribution in [0.25, 0.3) is 22.6 Å². The van der Waals surface area contributed by atoms with Crippen molar-refractivity contribution in [3.63, 3.8) is 0 Å². The predicted molar refractivity (Wildman–Crippen MR) is 89.8 cm³/mol. The molecule has 0 unspecified atom stereocenters. The van der Waals surface area contributed by atoms with Gasteiger partial charge in [-0.3, -0.25) is 4.79 Å². The monoisotopic (exact) mass is 309 g/mol. The molecule has 2 heterocycles. The number of methoxy groups -OCH3 is 1. The Labute approximate surface area is 134 Å². The van der Waals surface area contributed by atoms with Crippen molar-refractivity contribution in [1.29, 1.82) is 0 Å². The number of nitrogens with zero attached hydrogens (tertiary/aromatic N) is 3. The zero-order valence-electron chi connectivity index (χ0n) is 13.3. The Morgan fingerprint density at radius 1 is 1.22 bits per heavy atom. The number of aryl methyl sites for hydroxylation is 1. The number of hydrogen-bond acceptors (Lipinski definition) is 4. The topological polar surface area (TPSA) is 57.0 Å². The Balaban J connectivity index is 2.19. The fraction of sp³-hybridized carbons (Fsp3) is 0.278. The van der Waals surface area contributed by atoms with Crippen LogP contribution in [0.1, 0.15) is 30.3 Å². The highest BCUT2D eigenvalue weighted by atomic mass is 16.5. The van der Waals surface area contributed by atoms with Crippen molar-refractivity contribution in [2.45, 2.75) is 26.3 Å². The first-order chi connectivity index (χ1) is 11.3. The molecule has 0 aliphatic rings. The van der Waals surface area contributed by atoms with E-state index in [1.54, 1.807) is 13.2 Å². The van der Waals surface area contributed by atoms with Gasteiger partial charge in [-0.15, -0.1) is 0 Å². The van der Waals surface area contributed by atoms with Crippen molar-refractivity contribution in [3.8, 4) is 17.3 Å². The van der Waals surface area contributed by atoms with Crippen molar-refractivity contribution < 1.29 is 9.53 Å². The standard InChI is InChI=1S/C18H19N3O2/c1-3-4-10-21-17-11-14(23-2)8-9-15(17)20-18(21)16-7-5-6-13(12-22)19-16/h5-9,11-12H,3-4,10H2,1-2H3. The number of unbranched alkanes of at least 4 members (excludes halogenated alkanes) is 1. The van der Waals surface area contributed by atoms with E-state index in [9.17, 15) is 4.79 Å². The highest BCUT2D eigenvalue weighted by Gasteiger charge is 2.14. The van der Waals surface area contributed by atoms with Gasteiger partial charge in [-0.05, 0) is 30.7 Å². The molecule has 0 saturated carbocycles. The number of pyridine rings is 1. The highest BCUT2D eigenvalue weighted by molar-refractivity contribution is 5.82. The lowest BCUT2D eigenvalue weighted by atomic mass is 10.2. The Bertz CT molecular complexity index is 839. The minimum atomic E-state index is 0.411. The summed E-state index contributed by atoms with van der Waals surface area (Å²) in [4.78, 5) is 20.1. The summed E-state index contributed by atoms with van der Waals surface area (Å²) in [7, 11) is 1.66. The molecular formula is C18H19N3O2. The van der Waals surface area contributed by atoms with E-state index in [4.69, 9.17) is 9.72 Å². The second-order valence-electron chi connectivity index (χ2n) is 5.36. The minimum Gasteiger partial charge on any atom is -0.497 e. The van der Waals surface area contributed by atoms with Gasteiger partial charge in [-0.2, -0.15) is 0 Å². The number of aromatic nitrogens is 3. The van der Waals surface area contributed by atoms with Crippen LogP contribution in [-0.4, -0.2) is 27.9 Å². The molecule has 0 radical (unpaired) electrons. The zero-order valence-corrected chi connectivity index (χ0v) is 13.3. The predicted octanol–water partition coefficient (Wildman–Crippen LogP) is 3.72. The smallest absolute Gasteiger partial charge is 0.168 e. The number of ether oxygens (including phenoxy) is 1. The summed E-state index contributed by atoms with van der Waals surface area (Å²) < 4.78 is 7.48. The van der Waals surface area contributed by atoms with Gasteiger partial charge in [-0.25, -0.2) is 9.97 Å². The van der Waals surface area contributed by atoms with Crippen LogP contribution in [0.3, 0.4) is 0 Å². The first-order valence-corrected chi connectivity index (χ1v) is 7.73. The number of carbonyl (C=O) groups is 1. The summed E-state index contributed by atoms with van der Waals surface area (Å²) in [5.74, 6) is 1.58. The van der Waals surface area contributed by atoms with Crippen molar-refractivity contribution in [2.24, 2.45) is 0 Å². The summed E-state index contributed by atoms with van der Waals surface area (Å²) in [6.07, 6.45) is 2.89. The first-order valence-electron chi connectivity index (χ1n) is 7.73. The van der Waals surface area contributed by atoms with Crippen LogP contribution in [0.4, 0.5) is 0 Å². The third-order valence-corrected chi connectivity index (χ3v) is 3.81. The molecule has 0 bridgehead atoms. The molecule has 5 heteroatoms. The summed E-state index contributed by atoms with van der Waals surface area (Å²) in [6, 6.07) is 11.2. The van der Waals surface area contributed by atoms with E-state index in [1.165, 1.54) is 0 Å². The quantitative estimate of drug-likeness (QED) is 0.651. The molecule has 3 aromatic rings. The Hall–Kier alpha value is -2.69. The maximum Gasteiger partial charge on any atom is 0.168 e. The molecule has 0 N–H and O–H groups in total. The molecule has 0 saturated heterocycles. The summed E-state index contributed by atoms with van der Waals surface area (Å²) in [6.45, 7) is 3.01. The fourth-order valence-electron chi connectivity index (χ4n) is 2.61. The Kier molecular flexibility index (Phi) is 4.37. The van der Waals surface area contributed by atoms with E-state index in [-0.39, 0.29) is 0 Å². The number of hydrogen-bond donors (Lipinski definition) is 0. The van der Waals surface area contributed by atoms with Gasteiger partial charge in [-0.1, -0.05) is 19.4 Å². The van der Waals surface area contributed by atoms with Crippen molar-refractivity contribution in [2.75, 3.05) is 7.11 Å². The number of carbonyl (C=O) groups excluding carboxylic acids is 1. The first kappa shape index (κ1) is 15.2. The molecule has 0 amide bonds. The van der Waals surface area contributed by atoms with Crippen molar-refractivity contribution >= 4 is 17.3 Å². The van der Waals surface area contributed by atoms with Crippen LogP contribution in [0.15, 0.2) is 36.4 Å². The van der Waals surface area contributed by atoms with Gasteiger partial charge < -0.3 is 9.30 Å². The normalized spacial score (nSPS) is 10.9. The van der Waals surface area contributed by atoms with Gasteiger partial charge in [0.2, 0.25) is 0 Å². The van der Waals surface area contributed by atoms with Crippen LogP contribution in [0.5, 0.6) is 5.75 Å². The van der Waals surface area contributed by atoms with Gasteiger partial charge >= 0.3 is 0 Å². The van der Waals surface area contributed by atoms with E-state index < -0.39 is 0 Å². The summed E-state index contributed by atoms with van der Waals surface area (Å²) in [5.41, 5.74) is 3.04. The Morgan fingerprint density at radius 2 is 2.09 bits per heavy atom. The van der Waals surface area contributed by atoms with Crippen LogP contribution in [0.2, 0.25) is 0 Å². The van der Waals surface area contributed by atoms with Crippen LogP contribution in [0, 0.1) is 0 Å². The number of aldehydes is 1. The average Bonchev–Trinajstić information content (AvgIpc) is 2.97. The average molecular weight is 309 g/mol. The lowest BCUT2D eigenvalue weighted by Gasteiger charge is -2.09. The maximum absolute atomic E-state index is 11.0. The van der Waals surface area contributed by atoms with Crippen LogP contribution in [-0.2, 0) is 6.54 Å². The fourth-order valence-corrected chi connectivity index (χ4v) is 2.61. The molecule has 0 fully saturated rings. The molecule has 0 aliphatic carbocycles. The molecule has 5 nitrogen and oxygen atoms in total. The molecular weight excluding hydrogens is 290 g/mol. The molecule has 2 aromatic heterocycles. The second kappa shape index (κ2) is 6.60. The van der Waals surface area contributed by atoms with Gasteiger partial charge in [0.1, 0.15) is 17.1 Å². The van der Waals surface area contributed by atoms with Gasteiger partial charge in [0.25, 0.3) is 0 Å². The SMILES string of the molecule is CCCCn1c(-c2cccc(C=O)n2)nc2ccc(OC)cc21. The molecule has 3 rings (SSSR count). The lowest BCUT2D eigenvalue weighted by Crippen LogP contribution is -2.02. The molecule has 0 aliphatic heterocycles. The van der Waals surface area contributed by atoms with Crippen molar-refractivity contribution in [3.05, 3.63) is 42.1 Å². The van der Waals surface area contributed by atoms with E-state index >= 15 is 0 Å². The minimum absolute atomic E-state index is 0.411. The largest absolute Gasteiger partial charge is 0.497 e. The summed E-state index contributed by atoms with van der Waals surface area (Å²) >= 11 is 0. The Morgan fingerprint density at radius 3 is 2.83 bits per heavy atom. The molecule has 118 valence electrons. The van der Waals surface area contributed by atoms with E-state index in [1.807, 2.05) is 30.3 Å². The van der Waals surface area contributed by atoms with Gasteiger partial charge in [0.05, 0.1) is 18.1 Å². The third-order valence-electron chi connectivity index (χ3n) is 3.81. The molecule has 0 atom stereocenters. The molecule has 0 spiro atoms. The highest BCUT2D eigenvalue weighted by Crippen LogP contribution is 2.27. The molecule has 23 heavy (non-hydrogen) atoms. The lowest BCUT2D eigenvalue weighted by molar-refractivity contribution is 0.111. The van der Waals surface area contributed by atoms with Crippen molar-refractivity contribution in [1.82, 2.24) is 14.5 Å². The third kappa shape index (κ3) is 2.95. The molecule has 1 aromatic carbocycles. The van der Waals surface area contributed by atoms with E-state index in [2.05, 4.69) is 16.5 Å². The number of benzene rings is 1. The number of rotatable bonds is 6. The second-order valence-corrected chi connectivity index (χ2v) is 5.36. The number of imidazole rings is 1. The van der Waals surface area contributed by atoms with Gasteiger partial charge in [0, 0.05) is 12.6 Å². The maximum atomic E-state index is 11.0. The van der Waals surface area contributed by atoms with Gasteiger partial charge in [0.15, 0.2) is 12.1 Å². The number of fused-ring (bicyclic) bond motifs is 1. The van der Waals surface area contributed by atoms with Crippen LogP contribution >= 0.6 is 0 Å². The van der Waals surface area contributed by atoms with Crippen LogP contribution < -0.4 is 4.74 Å².